The third-order valence-electron chi connectivity index (χ3n) is 2.82. The molecule has 0 aliphatic carbocycles. The molecule has 0 spiro atoms. The van der Waals surface area contributed by atoms with Crippen LogP contribution in [0, 0.1) is 10.1 Å². The normalized spacial score (nSPS) is 10.8. The molecule has 0 fully saturated rings. The highest BCUT2D eigenvalue weighted by Gasteiger charge is 2.17. The van der Waals surface area contributed by atoms with Gasteiger partial charge in [-0.15, -0.1) is 0 Å². The van der Waals surface area contributed by atoms with Crippen molar-refractivity contribution in [2.45, 2.75) is 0 Å². The molecule has 112 valence electrons. The topological polar surface area (TPSA) is 80.4 Å². The highest BCUT2D eigenvalue weighted by atomic mass is 79.9. The Morgan fingerprint density at radius 3 is 2.50 bits per heavy atom. The van der Waals surface area contributed by atoms with E-state index in [1.807, 2.05) is 0 Å². The number of aromatic hydroxyl groups is 1. The van der Waals surface area contributed by atoms with Gasteiger partial charge in [-0.3, -0.25) is 14.9 Å². The Hall–Kier alpha value is -2.18. The number of phenolic OH excluding ortho intramolecular Hbond substituents is 1. The van der Waals surface area contributed by atoms with Gasteiger partial charge in [0.05, 0.1) is 4.92 Å². The molecule has 0 amide bonds. The van der Waals surface area contributed by atoms with Crippen LogP contribution < -0.4 is 0 Å². The minimum atomic E-state index is -0.741. The first-order chi connectivity index (χ1) is 10.4. The molecule has 0 heterocycles. The number of carbonyl (C=O) groups excluding carboxylic acids is 1. The number of carbonyl (C=O) groups is 1. The second kappa shape index (κ2) is 6.72. The van der Waals surface area contributed by atoms with Gasteiger partial charge in [-0.1, -0.05) is 27.5 Å². The fraction of sp³-hybridized carbons (Fsp3) is 0. The Morgan fingerprint density at radius 2 is 1.91 bits per heavy atom. The molecule has 0 atom stereocenters. The molecule has 0 aliphatic heterocycles. The molecule has 2 aromatic carbocycles. The van der Waals surface area contributed by atoms with Crippen LogP contribution >= 0.6 is 27.5 Å². The van der Waals surface area contributed by atoms with E-state index in [1.165, 1.54) is 18.2 Å². The van der Waals surface area contributed by atoms with Crippen molar-refractivity contribution in [3.63, 3.8) is 0 Å². The van der Waals surface area contributed by atoms with Crippen molar-refractivity contribution in [2.75, 3.05) is 0 Å². The molecular weight excluding hydrogens is 374 g/mol. The summed E-state index contributed by atoms with van der Waals surface area (Å²) in [6, 6.07) is 9.11. The number of nitro groups is 1. The number of nitrogens with zero attached hydrogens (tertiary/aromatic N) is 1. The Bertz CT molecular complexity index is 772. The fourth-order valence-electron chi connectivity index (χ4n) is 1.75. The van der Waals surface area contributed by atoms with Crippen LogP contribution in [0.2, 0.25) is 5.02 Å². The van der Waals surface area contributed by atoms with Gasteiger partial charge in [-0.25, -0.2) is 0 Å². The lowest BCUT2D eigenvalue weighted by Gasteiger charge is -2.02. The van der Waals surface area contributed by atoms with E-state index >= 15 is 0 Å². The first-order valence-corrected chi connectivity index (χ1v) is 7.20. The van der Waals surface area contributed by atoms with Gasteiger partial charge in [-0.2, -0.15) is 0 Å². The van der Waals surface area contributed by atoms with Gasteiger partial charge in [-0.05, 0) is 42.5 Å². The lowest BCUT2D eigenvalue weighted by molar-refractivity contribution is -0.385. The summed E-state index contributed by atoms with van der Waals surface area (Å²) >= 11 is 9.04. The van der Waals surface area contributed by atoms with E-state index in [9.17, 15) is 20.0 Å². The molecule has 0 bridgehead atoms. The molecule has 1 N–H and O–H groups in total. The minimum Gasteiger partial charge on any atom is -0.502 e. The molecule has 7 heteroatoms. The van der Waals surface area contributed by atoms with Crippen molar-refractivity contribution in [1.82, 2.24) is 0 Å². The largest absolute Gasteiger partial charge is 0.502 e. The molecule has 0 saturated heterocycles. The lowest BCUT2D eigenvalue weighted by atomic mass is 10.1. The van der Waals surface area contributed by atoms with Gasteiger partial charge in [0.2, 0.25) is 5.75 Å². The molecule has 0 aromatic heterocycles. The van der Waals surface area contributed by atoms with Crippen LogP contribution in [0.4, 0.5) is 5.69 Å². The van der Waals surface area contributed by atoms with Gasteiger partial charge in [0, 0.05) is 26.7 Å². The summed E-state index contributed by atoms with van der Waals surface area (Å²) in [5.41, 5.74) is 0.0448. The number of ketones is 1. The van der Waals surface area contributed by atoms with E-state index in [2.05, 4.69) is 15.9 Å². The van der Waals surface area contributed by atoms with E-state index in [0.717, 1.165) is 10.5 Å². The van der Waals surface area contributed by atoms with Crippen molar-refractivity contribution in [3.05, 3.63) is 73.2 Å². The lowest BCUT2D eigenvalue weighted by Crippen LogP contribution is -1.94. The molecule has 0 aliphatic rings. The average Bonchev–Trinajstić information content (AvgIpc) is 2.47. The van der Waals surface area contributed by atoms with E-state index in [0.29, 0.717) is 5.56 Å². The maximum absolute atomic E-state index is 12.0. The second-order valence-electron chi connectivity index (χ2n) is 4.32. The Balaban J connectivity index is 2.32. The van der Waals surface area contributed by atoms with Gasteiger partial charge in [0.25, 0.3) is 0 Å². The zero-order valence-corrected chi connectivity index (χ0v) is 13.3. The number of phenols is 1. The molecule has 2 rings (SSSR count). The molecule has 0 unspecified atom stereocenters. The monoisotopic (exact) mass is 381 g/mol. The molecule has 22 heavy (non-hydrogen) atoms. The summed E-state index contributed by atoms with van der Waals surface area (Å²) in [4.78, 5) is 22.1. The first-order valence-electron chi connectivity index (χ1n) is 6.03. The number of nitro benzene ring substituents is 1. The first kappa shape index (κ1) is 16.2. The van der Waals surface area contributed by atoms with E-state index in [4.69, 9.17) is 11.6 Å². The summed E-state index contributed by atoms with van der Waals surface area (Å²) < 4.78 is 0.844. The highest BCUT2D eigenvalue weighted by Crippen LogP contribution is 2.34. The predicted molar refractivity (Wildman–Crippen MR) is 87.3 cm³/mol. The van der Waals surface area contributed by atoms with Crippen LogP contribution in [-0.4, -0.2) is 15.8 Å². The molecule has 2 aromatic rings. The quantitative estimate of drug-likeness (QED) is 0.362. The number of rotatable bonds is 4. The zero-order valence-electron chi connectivity index (χ0n) is 11.0. The van der Waals surface area contributed by atoms with E-state index in [1.54, 1.807) is 24.3 Å². The maximum atomic E-state index is 12.0. The van der Waals surface area contributed by atoms with Crippen LogP contribution in [0.1, 0.15) is 15.9 Å². The van der Waals surface area contributed by atoms with Gasteiger partial charge >= 0.3 is 5.69 Å². The van der Waals surface area contributed by atoms with Crippen LogP contribution in [0.15, 0.2) is 46.9 Å². The summed E-state index contributed by atoms with van der Waals surface area (Å²) in [6.07, 6.45) is 2.51. The van der Waals surface area contributed by atoms with Gasteiger partial charge < -0.3 is 5.11 Å². The standard InChI is InChI=1S/C15H9BrClNO4/c16-11-4-1-9(2-5-11)14(19)6-3-10-7-12(17)8-13(15(10)20)18(21)22/h1-8,20H/b6-3+. The molecule has 0 saturated carbocycles. The molecular formula is C15H9BrClNO4. The van der Waals surface area contributed by atoms with Gasteiger partial charge in [0.1, 0.15) is 0 Å². The summed E-state index contributed by atoms with van der Waals surface area (Å²) in [7, 11) is 0. The number of hydrogen-bond acceptors (Lipinski definition) is 4. The number of hydrogen-bond donors (Lipinski definition) is 1. The summed E-state index contributed by atoms with van der Waals surface area (Å²) in [5.74, 6) is -0.830. The number of halogens is 2. The number of allylic oxidation sites excluding steroid dienone is 1. The third-order valence-corrected chi connectivity index (χ3v) is 3.57. The highest BCUT2D eigenvalue weighted by molar-refractivity contribution is 9.10. The second-order valence-corrected chi connectivity index (χ2v) is 5.68. The minimum absolute atomic E-state index is 0.0974. The number of benzene rings is 2. The van der Waals surface area contributed by atoms with Crippen molar-refractivity contribution in [2.24, 2.45) is 0 Å². The van der Waals surface area contributed by atoms with Crippen molar-refractivity contribution >= 4 is 45.1 Å². The van der Waals surface area contributed by atoms with Crippen molar-refractivity contribution in [1.29, 1.82) is 0 Å². The van der Waals surface area contributed by atoms with E-state index < -0.39 is 16.4 Å². The third kappa shape index (κ3) is 3.72. The van der Waals surface area contributed by atoms with Crippen LogP contribution in [0.5, 0.6) is 5.75 Å². The Labute approximate surface area is 139 Å². The SMILES string of the molecule is O=C(/C=C/c1cc(Cl)cc([N+](=O)[O-])c1O)c1ccc(Br)cc1. The average molecular weight is 383 g/mol. The van der Waals surface area contributed by atoms with Crippen molar-refractivity contribution < 1.29 is 14.8 Å². The fourth-order valence-corrected chi connectivity index (χ4v) is 2.23. The summed E-state index contributed by atoms with van der Waals surface area (Å²) in [6.45, 7) is 0. The Kier molecular flexibility index (Phi) is 4.95. The van der Waals surface area contributed by atoms with Crippen molar-refractivity contribution in [3.8, 4) is 5.75 Å². The zero-order chi connectivity index (χ0) is 16.3. The van der Waals surface area contributed by atoms with Gasteiger partial charge in [0.15, 0.2) is 5.78 Å². The smallest absolute Gasteiger partial charge is 0.312 e. The Morgan fingerprint density at radius 1 is 1.27 bits per heavy atom. The van der Waals surface area contributed by atoms with Crippen LogP contribution in [0.25, 0.3) is 6.08 Å². The molecule has 5 nitrogen and oxygen atoms in total. The summed E-state index contributed by atoms with van der Waals surface area (Å²) in [5, 5.41) is 20.7. The van der Waals surface area contributed by atoms with Crippen LogP contribution in [0.3, 0.4) is 0 Å². The predicted octanol–water partition coefficient (Wildman–Crippen LogP) is 4.61. The van der Waals surface area contributed by atoms with Crippen LogP contribution in [-0.2, 0) is 0 Å². The molecule has 0 radical (unpaired) electrons. The van der Waals surface area contributed by atoms with E-state index in [-0.39, 0.29) is 16.4 Å². The maximum Gasteiger partial charge on any atom is 0.312 e.